The largest absolute Gasteiger partial charge is 0.492 e. The van der Waals surface area contributed by atoms with Gasteiger partial charge in [-0.15, -0.1) is 0 Å². The lowest BCUT2D eigenvalue weighted by Crippen LogP contribution is -2.45. The number of aliphatic carboxylic acids is 1. The summed E-state index contributed by atoms with van der Waals surface area (Å²) in [6.45, 7) is 7.01. The van der Waals surface area contributed by atoms with E-state index in [1.54, 1.807) is 32.9 Å². The van der Waals surface area contributed by atoms with Crippen LogP contribution in [0.15, 0.2) is 12.1 Å². The van der Waals surface area contributed by atoms with E-state index in [-0.39, 0.29) is 12.0 Å². The van der Waals surface area contributed by atoms with Gasteiger partial charge in [-0.2, -0.15) is 0 Å². The zero-order valence-electron chi connectivity index (χ0n) is 13.1. The van der Waals surface area contributed by atoms with Crippen LogP contribution in [0.3, 0.4) is 0 Å². The van der Waals surface area contributed by atoms with Crippen molar-refractivity contribution < 1.29 is 24.4 Å². The zero-order valence-corrected chi connectivity index (χ0v) is 13.1. The molecule has 0 saturated carbocycles. The van der Waals surface area contributed by atoms with E-state index in [2.05, 4.69) is 5.32 Å². The number of hydrogen-bond donors (Lipinski definition) is 3. The van der Waals surface area contributed by atoms with Gasteiger partial charge in [-0.05, 0) is 42.4 Å². The van der Waals surface area contributed by atoms with E-state index in [4.69, 9.17) is 9.76 Å². The van der Waals surface area contributed by atoms with Gasteiger partial charge in [0, 0.05) is 5.56 Å². The minimum Gasteiger partial charge on any atom is -0.480 e. The molecule has 118 valence electrons. The molecule has 0 aromatic heterocycles. The van der Waals surface area contributed by atoms with Crippen LogP contribution in [0.4, 0.5) is 0 Å². The van der Waals surface area contributed by atoms with Gasteiger partial charge in [-0.1, -0.05) is 19.9 Å². The number of carboxylic acids is 1. The maximum atomic E-state index is 12.4. The quantitative estimate of drug-likeness (QED) is 0.708. The van der Waals surface area contributed by atoms with Crippen molar-refractivity contribution in [3.8, 4) is 0 Å². The summed E-state index contributed by atoms with van der Waals surface area (Å²) in [6, 6.07) is 2.42. The highest BCUT2D eigenvalue weighted by molar-refractivity contribution is 6.62. The predicted molar refractivity (Wildman–Crippen MR) is 82.0 cm³/mol. The Balaban J connectivity index is 2.32. The maximum Gasteiger partial charge on any atom is 0.492 e. The minimum atomic E-state index is -1.07. The topological polar surface area (TPSA) is 95.9 Å². The number of amides is 1. The maximum absolute atomic E-state index is 12.4. The standard InChI is InChI=1S/C15H20BNO5/c1-7(2)13(15(19)20)17-14(18)10-5-6-11-9(4)22-16(21)12(11)8(10)3/h5-7,9,13,21H,1-4H3,(H,17,18)(H,19,20)/t9?,13-/m0/s1. The van der Waals surface area contributed by atoms with Crippen LogP contribution >= 0.6 is 0 Å². The van der Waals surface area contributed by atoms with Gasteiger partial charge in [0.25, 0.3) is 5.91 Å². The third-order valence-electron chi connectivity index (χ3n) is 4.03. The first-order valence-corrected chi connectivity index (χ1v) is 7.24. The normalized spacial score (nSPS) is 18.3. The smallest absolute Gasteiger partial charge is 0.480 e. The molecule has 22 heavy (non-hydrogen) atoms. The average Bonchev–Trinajstić information content (AvgIpc) is 2.71. The van der Waals surface area contributed by atoms with Gasteiger partial charge in [-0.3, -0.25) is 4.79 Å². The van der Waals surface area contributed by atoms with E-state index in [0.717, 1.165) is 5.56 Å². The van der Waals surface area contributed by atoms with Gasteiger partial charge >= 0.3 is 13.1 Å². The zero-order chi connectivity index (χ0) is 16.6. The second-order valence-corrected chi connectivity index (χ2v) is 5.91. The fourth-order valence-electron chi connectivity index (χ4n) is 2.74. The molecule has 0 saturated heterocycles. The van der Waals surface area contributed by atoms with Gasteiger partial charge in [0.05, 0.1) is 6.10 Å². The Kier molecular flexibility index (Phi) is 4.58. The van der Waals surface area contributed by atoms with Gasteiger partial charge in [0.15, 0.2) is 0 Å². The van der Waals surface area contributed by atoms with Crippen LogP contribution in [0.5, 0.6) is 0 Å². The summed E-state index contributed by atoms with van der Waals surface area (Å²) < 4.78 is 5.33. The third-order valence-corrected chi connectivity index (χ3v) is 4.03. The summed E-state index contributed by atoms with van der Waals surface area (Å²) in [5.41, 5.74) is 2.40. The summed E-state index contributed by atoms with van der Waals surface area (Å²) in [6.07, 6.45) is -0.233. The molecule has 0 aliphatic carbocycles. The van der Waals surface area contributed by atoms with Crippen molar-refractivity contribution in [2.24, 2.45) is 5.92 Å². The number of hydrogen-bond acceptors (Lipinski definition) is 4. The van der Waals surface area contributed by atoms with E-state index in [1.165, 1.54) is 0 Å². The van der Waals surface area contributed by atoms with E-state index in [0.29, 0.717) is 16.6 Å². The Morgan fingerprint density at radius 3 is 2.55 bits per heavy atom. The van der Waals surface area contributed by atoms with E-state index >= 15 is 0 Å². The molecule has 2 rings (SSSR count). The molecule has 0 bridgehead atoms. The SMILES string of the molecule is Cc1c(C(=O)N[C@H](C(=O)O)C(C)C)ccc2c1B(O)OC2C. The van der Waals surface area contributed by atoms with Crippen LogP contribution in [-0.4, -0.2) is 35.2 Å². The average molecular weight is 305 g/mol. The molecule has 7 heteroatoms. The molecule has 2 atom stereocenters. The molecule has 6 nitrogen and oxygen atoms in total. The summed E-state index contributed by atoms with van der Waals surface area (Å²) in [4.78, 5) is 23.6. The van der Waals surface area contributed by atoms with Crippen LogP contribution in [0.2, 0.25) is 0 Å². The van der Waals surface area contributed by atoms with Gasteiger partial charge < -0.3 is 20.1 Å². The molecule has 1 aliphatic heterocycles. The van der Waals surface area contributed by atoms with Crippen LogP contribution in [0.25, 0.3) is 0 Å². The molecule has 0 fully saturated rings. The molecule has 0 spiro atoms. The summed E-state index contributed by atoms with van der Waals surface area (Å²) in [5.74, 6) is -1.77. The molecule has 1 aliphatic rings. The predicted octanol–water partition coefficient (Wildman–Crippen LogP) is 0.613. The first kappa shape index (κ1) is 16.5. The van der Waals surface area contributed by atoms with Crippen LogP contribution < -0.4 is 10.8 Å². The molecule has 0 radical (unpaired) electrons. The highest BCUT2D eigenvalue weighted by atomic mass is 16.5. The van der Waals surface area contributed by atoms with Crippen molar-refractivity contribution in [2.45, 2.75) is 39.8 Å². The summed E-state index contributed by atoms with van der Waals surface area (Å²) >= 11 is 0. The van der Waals surface area contributed by atoms with E-state index in [9.17, 15) is 14.6 Å². The second kappa shape index (κ2) is 6.10. The lowest BCUT2D eigenvalue weighted by Gasteiger charge is -2.19. The van der Waals surface area contributed by atoms with Crippen molar-refractivity contribution in [1.29, 1.82) is 0 Å². The Bertz CT molecular complexity index is 616. The Morgan fingerprint density at radius 2 is 2.00 bits per heavy atom. The van der Waals surface area contributed by atoms with Gasteiger partial charge in [0.1, 0.15) is 6.04 Å². The molecular weight excluding hydrogens is 285 g/mol. The second-order valence-electron chi connectivity index (χ2n) is 5.91. The monoisotopic (exact) mass is 305 g/mol. The molecule has 3 N–H and O–H groups in total. The number of nitrogens with one attached hydrogen (secondary N) is 1. The number of carboxylic acid groups (broad SMARTS) is 1. The third kappa shape index (κ3) is 2.87. The van der Waals surface area contributed by atoms with Gasteiger partial charge in [0.2, 0.25) is 0 Å². The van der Waals surface area contributed by atoms with Gasteiger partial charge in [-0.25, -0.2) is 4.79 Å². The molecule has 1 aromatic carbocycles. The summed E-state index contributed by atoms with van der Waals surface area (Å²) in [5, 5.41) is 21.6. The highest BCUT2D eigenvalue weighted by Gasteiger charge is 2.36. The van der Waals surface area contributed by atoms with Crippen molar-refractivity contribution >= 4 is 24.5 Å². The van der Waals surface area contributed by atoms with E-state index in [1.807, 2.05) is 6.92 Å². The Labute approximate surface area is 129 Å². The highest BCUT2D eigenvalue weighted by Crippen LogP contribution is 2.25. The molecule has 1 unspecified atom stereocenters. The summed E-state index contributed by atoms with van der Waals surface area (Å²) in [7, 11) is -1.06. The van der Waals surface area contributed by atoms with Crippen LogP contribution in [-0.2, 0) is 9.45 Å². The van der Waals surface area contributed by atoms with E-state index < -0.39 is 25.0 Å². The molecular formula is C15H20BNO5. The number of carbonyl (C=O) groups is 2. The van der Waals surface area contributed by atoms with Crippen molar-refractivity contribution in [2.75, 3.05) is 0 Å². The number of rotatable bonds is 4. The molecule has 1 heterocycles. The van der Waals surface area contributed by atoms with Crippen molar-refractivity contribution in [3.63, 3.8) is 0 Å². The van der Waals surface area contributed by atoms with Crippen LogP contribution in [0.1, 0.15) is 48.4 Å². The fourth-order valence-corrected chi connectivity index (χ4v) is 2.74. The number of benzene rings is 1. The Morgan fingerprint density at radius 1 is 1.36 bits per heavy atom. The minimum absolute atomic E-state index is 0.231. The first-order valence-electron chi connectivity index (χ1n) is 7.24. The molecule has 1 aromatic rings. The molecule has 1 amide bonds. The lowest BCUT2D eigenvalue weighted by molar-refractivity contribution is -0.140. The van der Waals surface area contributed by atoms with Crippen molar-refractivity contribution in [3.05, 3.63) is 28.8 Å². The number of fused-ring (bicyclic) bond motifs is 1. The fraction of sp³-hybridized carbons (Fsp3) is 0.467. The lowest BCUT2D eigenvalue weighted by atomic mass is 9.75. The first-order chi connectivity index (χ1) is 10.2. The number of carbonyl (C=O) groups excluding carboxylic acids is 1. The van der Waals surface area contributed by atoms with Crippen molar-refractivity contribution in [1.82, 2.24) is 5.32 Å². The Hall–Kier alpha value is -1.86. The van der Waals surface area contributed by atoms with Crippen LogP contribution in [0, 0.1) is 12.8 Å².